The van der Waals surface area contributed by atoms with Gasteiger partial charge in [-0.15, -0.1) is 0 Å². The number of hydrogen-bond acceptors (Lipinski definition) is 3. The largest absolute Gasteiger partial charge is 0.329 e. The van der Waals surface area contributed by atoms with Crippen LogP contribution < -0.4 is 5.73 Å². The maximum Gasteiger partial charge on any atom is 0.126 e. The molecule has 0 bridgehead atoms. The summed E-state index contributed by atoms with van der Waals surface area (Å²) >= 11 is 0. The van der Waals surface area contributed by atoms with Crippen LogP contribution in [0.25, 0.3) is 0 Å². The van der Waals surface area contributed by atoms with Crippen molar-refractivity contribution in [1.29, 1.82) is 0 Å². The Bertz CT molecular complexity index is 436. The molecule has 0 amide bonds. The normalized spacial score (nSPS) is 16.2. The lowest BCUT2D eigenvalue weighted by molar-refractivity contribution is 0.0607. The van der Waals surface area contributed by atoms with Crippen LogP contribution in [0.3, 0.4) is 0 Å². The number of nitrogens with two attached hydrogens (primary N) is 1. The van der Waals surface area contributed by atoms with E-state index in [4.69, 9.17) is 5.73 Å². The number of nitrogens with zero attached hydrogens (tertiary/aromatic N) is 2. The number of hydrogen-bond donors (Lipinski definition) is 1. The van der Waals surface area contributed by atoms with Crippen molar-refractivity contribution in [3.05, 3.63) is 35.6 Å². The fraction of sp³-hybridized carbons (Fsp3) is 0.647. The van der Waals surface area contributed by atoms with Gasteiger partial charge in [0.25, 0.3) is 0 Å². The number of likely N-dealkylation sites (N-methyl/N-ethyl adjacent to an activating group) is 2. The van der Waals surface area contributed by atoms with Crippen molar-refractivity contribution in [1.82, 2.24) is 9.80 Å². The van der Waals surface area contributed by atoms with Gasteiger partial charge in [-0.25, -0.2) is 4.39 Å². The van der Waals surface area contributed by atoms with Gasteiger partial charge in [-0.1, -0.05) is 25.1 Å². The third-order valence-corrected chi connectivity index (χ3v) is 4.16. The summed E-state index contributed by atoms with van der Waals surface area (Å²) < 4.78 is 14.0. The molecule has 0 spiro atoms. The van der Waals surface area contributed by atoms with Crippen LogP contribution in [-0.4, -0.2) is 55.1 Å². The Hall–Kier alpha value is -0.970. The summed E-state index contributed by atoms with van der Waals surface area (Å²) in [6.07, 6.45) is 0.627. The minimum Gasteiger partial charge on any atom is -0.329 e. The van der Waals surface area contributed by atoms with Gasteiger partial charge in [0.15, 0.2) is 0 Å². The van der Waals surface area contributed by atoms with Gasteiger partial charge in [-0.2, -0.15) is 0 Å². The minimum absolute atomic E-state index is 0.145. The van der Waals surface area contributed by atoms with Crippen LogP contribution >= 0.6 is 0 Å². The summed E-state index contributed by atoms with van der Waals surface area (Å²) in [4.78, 5) is 4.56. The van der Waals surface area contributed by atoms with Crippen molar-refractivity contribution in [3.8, 4) is 0 Å². The number of halogens is 1. The molecule has 1 aromatic carbocycles. The van der Waals surface area contributed by atoms with Crippen molar-refractivity contribution in [2.45, 2.75) is 38.8 Å². The monoisotopic (exact) mass is 295 g/mol. The highest BCUT2D eigenvalue weighted by molar-refractivity contribution is 5.20. The molecule has 0 aliphatic heterocycles. The van der Waals surface area contributed by atoms with Gasteiger partial charge in [0, 0.05) is 24.7 Å². The molecule has 0 heterocycles. The molecule has 2 atom stereocenters. The molecule has 21 heavy (non-hydrogen) atoms. The van der Waals surface area contributed by atoms with E-state index in [2.05, 4.69) is 44.7 Å². The molecule has 0 aliphatic rings. The standard InChI is InChI=1S/C17H30FN3/c1-6-21(14(2)12-20(4)5)17(3,13-19)11-15-9-7-8-10-16(15)18/h7-10,14H,6,11-13,19H2,1-5H3. The zero-order chi connectivity index (χ0) is 16.0. The van der Waals surface area contributed by atoms with Gasteiger partial charge in [0.05, 0.1) is 0 Å². The first kappa shape index (κ1) is 18.1. The lowest BCUT2D eigenvalue weighted by Gasteiger charge is -2.45. The molecule has 2 N–H and O–H groups in total. The first-order valence-corrected chi connectivity index (χ1v) is 7.69. The van der Waals surface area contributed by atoms with Gasteiger partial charge in [-0.3, -0.25) is 4.90 Å². The Labute approximate surface area is 128 Å². The van der Waals surface area contributed by atoms with E-state index >= 15 is 0 Å². The van der Waals surface area contributed by atoms with Crippen LogP contribution in [-0.2, 0) is 6.42 Å². The Morgan fingerprint density at radius 1 is 1.29 bits per heavy atom. The summed E-state index contributed by atoms with van der Waals surface area (Å²) in [7, 11) is 4.14. The van der Waals surface area contributed by atoms with Gasteiger partial charge in [0.1, 0.15) is 5.82 Å². The molecule has 0 aliphatic carbocycles. The second kappa shape index (κ2) is 7.87. The summed E-state index contributed by atoms with van der Waals surface area (Å²) in [6, 6.07) is 7.35. The van der Waals surface area contributed by atoms with Crippen molar-refractivity contribution in [2.75, 3.05) is 33.7 Å². The lowest BCUT2D eigenvalue weighted by Crippen LogP contribution is -2.58. The average molecular weight is 295 g/mol. The fourth-order valence-corrected chi connectivity index (χ4v) is 3.20. The molecule has 0 radical (unpaired) electrons. The highest BCUT2D eigenvalue weighted by Crippen LogP contribution is 2.24. The number of benzene rings is 1. The second-order valence-electron chi connectivity index (χ2n) is 6.37. The third kappa shape index (κ3) is 4.77. The van der Waals surface area contributed by atoms with E-state index < -0.39 is 0 Å². The van der Waals surface area contributed by atoms with E-state index in [1.165, 1.54) is 6.07 Å². The maximum atomic E-state index is 14.0. The number of rotatable bonds is 8. The second-order valence-corrected chi connectivity index (χ2v) is 6.37. The van der Waals surface area contributed by atoms with Gasteiger partial charge < -0.3 is 10.6 Å². The van der Waals surface area contributed by atoms with E-state index in [0.717, 1.165) is 18.7 Å². The van der Waals surface area contributed by atoms with Crippen LogP contribution in [0, 0.1) is 5.82 Å². The predicted molar refractivity (Wildman–Crippen MR) is 88.0 cm³/mol. The molecule has 1 aromatic rings. The Balaban J connectivity index is 2.97. The molecule has 4 heteroatoms. The van der Waals surface area contributed by atoms with Gasteiger partial charge in [-0.05, 0) is 52.5 Å². The summed E-state index contributed by atoms with van der Waals surface area (Å²) in [5, 5.41) is 0. The molecule has 120 valence electrons. The average Bonchev–Trinajstić information content (AvgIpc) is 2.41. The van der Waals surface area contributed by atoms with E-state index in [1.54, 1.807) is 6.07 Å². The quantitative estimate of drug-likeness (QED) is 0.799. The summed E-state index contributed by atoms with van der Waals surface area (Å²) in [5.74, 6) is -0.145. The molecular formula is C17H30FN3. The molecule has 2 unspecified atom stereocenters. The molecule has 0 fully saturated rings. The van der Waals surface area contributed by atoms with Crippen molar-refractivity contribution in [3.63, 3.8) is 0 Å². The Morgan fingerprint density at radius 3 is 2.38 bits per heavy atom. The first-order chi connectivity index (χ1) is 9.84. The maximum absolute atomic E-state index is 14.0. The van der Waals surface area contributed by atoms with Crippen LogP contribution in [0.15, 0.2) is 24.3 Å². The van der Waals surface area contributed by atoms with E-state index in [0.29, 0.717) is 19.0 Å². The molecule has 0 aromatic heterocycles. The van der Waals surface area contributed by atoms with Crippen LogP contribution in [0.5, 0.6) is 0 Å². The Morgan fingerprint density at radius 2 is 1.90 bits per heavy atom. The van der Waals surface area contributed by atoms with Crippen molar-refractivity contribution >= 4 is 0 Å². The molecular weight excluding hydrogens is 265 g/mol. The van der Waals surface area contributed by atoms with Crippen molar-refractivity contribution in [2.24, 2.45) is 5.73 Å². The smallest absolute Gasteiger partial charge is 0.126 e. The van der Waals surface area contributed by atoms with E-state index in [1.807, 2.05) is 12.1 Å². The van der Waals surface area contributed by atoms with Crippen LogP contribution in [0.4, 0.5) is 4.39 Å². The van der Waals surface area contributed by atoms with Crippen molar-refractivity contribution < 1.29 is 4.39 Å². The van der Waals surface area contributed by atoms with Gasteiger partial charge in [0.2, 0.25) is 0 Å². The fourth-order valence-electron chi connectivity index (χ4n) is 3.20. The zero-order valence-electron chi connectivity index (χ0n) is 14.1. The van der Waals surface area contributed by atoms with E-state index in [9.17, 15) is 4.39 Å². The summed E-state index contributed by atoms with van der Waals surface area (Å²) in [5.41, 5.74) is 6.57. The van der Waals surface area contributed by atoms with Crippen LogP contribution in [0.1, 0.15) is 26.3 Å². The molecule has 0 saturated heterocycles. The molecule has 1 rings (SSSR count). The Kier molecular flexibility index (Phi) is 6.78. The first-order valence-electron chi connectivity index (χ1n) is 7.69. The SMILES string of the molecule is CCN(C(C)CN(C)C)C(C)(CN)Cc1ccccc1F. The highest BCUT2D eigenvalue weighted by atomic mass is 19.1. The third-order valence-electron chi connectivity index (χ3n) is 4.16. The molecule has 3 nitrogen and oxygen atoms in total. The zero-order valence-corrected chi connectivity index (χ0v) is 14.1. The van der Waals surface area contributed by atoms with Gasteiger partial charge >= 0.3 is 0 Å². The topological polar surface area (TPSA) is 32.5 Å². The minimum atomic E-state index is -0.244. The van der Waals surface area contributed by atoms with Crippen LogP contribution in [0.2, 0.25) is 0 Å². The molecule has 0 saturated carbocycles. The highest BCUT2D eigenvalue weighted by Gasteiger charge is 2.33. The predicted octanol–water partition coefficient (Wildman–Crippen LogP) is 2.36. The lowest BCUT2D eigenvalue weighted by atomic mass is 9.89. The van der Waals surface area contributed by atoms with E-state index in [-0.39, 0.29) is 11.4 Å². The summed E-state index contributed by atoms with van der Waals surface area (Å²) in [6.45, 7) is 8.85.